The highest BCUT2D eigenvalue weighted by atomic mass is 35.5. The summed E-state index contributed by atoms with van der Waals surface area (Å²) in [6.45, 7) is 5.42. The Morgan fingerprint density at radius 3 is 2.37 bits per heavy atom. The molecule has 51 heavy (non-hydrogen) atoms. The highest BCUT2D eigenvalue weighted by Crippen LogP contribution is 2.60. The van der Waals surface area contributed by atoms with Crippen molar-refractivity contribution >= 4 is 49.1 Å². The van der Waals surface area contributed by atoms with Gasteiger partial charge in [-0.25, -0.2) is 0 Å². The number of nitrogens with zero attached hydrogens (tertiary/aromatic N) is 2. The summed E-state index contributed by atoms with van der Waals surface area (Å²) in [6, 6.07) is 28.9. The molecule has 1 spiro atoms. The van der Waals surface area contributed by atoms with Crippen molar-refractivity contribution in [3.63, 3.8) is 0 Å². The van der Waals surface area contributed by atoms with Gasteiger partial charge in [0.2, 0.25) is 14.3 Å². The highest BCUT2D eigenvalue weighted by molar-refractivity contribution is 6.72. The number of ether oxygens (including phenoxy) is 1. The maximum Gasteiger partial charge on any atom is 0.264 e. The molecular formula is C40H41ClFN3O5Si. The minimum Gasteiger partial charge on any atom is -0.394 e. The molecule has 3 aliphatic rings. The monoisotopic (exact) mass is 725 g/mol. The molecule has 1 saturated heterocycles. The third kappa shape index (κ3) is 6.39. The minimum absolute atomic E-state index is 0.116. The third-order valence-corrected chi connectivity index (χ3v) is 13.5. The predicted molar refractivity (Wildman–Crippen MR) is 198 cm³/mol. The van der Waals surface area contributed by atoms with Gasteiger partial charge in [0, 0.05) is 39.8 Å². The van der Waals surface area contributed by atoms with E-state index in [0.29, 0.717) is 40.5 Å². The number of hydrogen-bond acceptors (Lipinski definition) is 5. The summed E-state index contributed by atoms with van der Waals surface area (Å²) in [4.78, 5) is 44.8. The van der Waals surface area contributed by atoms with Gasteiger partial charge in [0.1, 0.15) is 0 Å². The predicted octanol–water partition coefficient (Wildman–Crippen LogP) is 7.25. The van der Waals surface area contributed by atoms with Crippen LogP contribution in [0.15, 0.2) is 97.1 Å². The fourth-order valence-electron chi connectivity index (χ4n) is 8.38. The Labute approximate surface area is 303 Å². The number of carbonyl (C=O) groups excluding carboxylic acids is 3. The Kier molecular flexibility index (Phi) is 9.39. The lowest BCUT2D eigenvalue weighted by Crippen LogP contribution is -2.48. The Morgan fingerprint density at radius 1 is 1.00 bits per heavy atom. The zero-order valence-electron chi connectivity index (χ0n) is 28.8. The number of aliphatic hydroxyl groups excluding tert-OH is 1. The second kappa shape index (κ2) is 13.6. The van der Waals surface area contributed by atoms with Gasteiger partial charge in [-0.1, -0.05) is 73.1 Å². The molecule has 2 N–H and O–H groups in total. The molecule has 0 aliphatic carbocycles. The van der Waals surface area contributed by atoms with Gasteiger partial charge in [0.05, 0.1) is 37.4 Å². The second-order valence-corrected chi connectivity index (χ2v) is 18.6. The number of nitrogens with one attached hydrogen (secondary N) is 1. The van der Waals surface area contributed by atoms with Gasteiger partial charge < -0.3 is 29.1 Å². The molecule has 8 nitrogen and oxygen atoms in total. The van der Waals surface area contributed by atoms with Gasteiger partial charge in [-0.05, 0) is 78.7 Å². The summed E-state index contributed by atoms with van der Waals surface area (Å²) in [5.41, 5.74) is 3.06. The van der Waals surface area contributed by atoms with Crippen LogP contribution >= 0.6 is 11.6 Å². The maximum absolute atomic E-state index is 16.4. The molecule has 264 valence electrons. The second-order valence-electron chi connectivity index (χ2n) is 14.4. The summed E-state index contributed by atoms with van der Waals surface area (Å²) in [5.74, 6) is -1.39. The van der Waals surface area contributed by atoms with E-state index in [9.17, 15) is 19.5 Å². The van der Waals surface area contributed by atoms with Crippen molar-refractivity contribution in [1.29, 1.82) is 0 Å². The van der Waals surface area contributed by atoms with E-state index in [1.807, 2.05) is 49.4 Å². The number of amides is 3. The number of rotatable bonds is 8. The maximum atomic E-state index is 16.4. The first kappa shape index (κ1) is 35.1. The Balaban J connectivity index is 1.16. The molecule has 3 aliphatic heterocycles. The van der Waals surface area contributed by atoms with Crippen molar-refractivity contribution in [1.82, 2.24) is 4.90 Å². The van der Waals surface area contributed by atoms with Crippen molar-refractivity contribution in [2.45, 2.75) is 69.2 Å². The average Bonchev–Trinajstić information content (AvgIpc) is 3.54. The normalized spacial score (nSPS) is 24.1. The van der Waals surface area contributed by atoms with E-state index in [1.54, 1.807) is 77.5 Å². The van der Waals surface area contributed by atoms with Crippen molar-refractivity contribution < 1.29 is 28.3 Å². The Hall–Kier alpha value is -4.35. The van der Waals surface area contributed by atoms with Crippen LogP contribution in [0.2, 0.25) is 23.7 Å². The number of fused-ring (bicyclic) bond motifs is 3. The molecule has 5 atom stereocenters. The molecule has 3 heterocycles. The van der Waals surface area contributed by atoms with Crippen LogP contribution < -0.4 is 10.2 Å². The number of halogens is 2. The zero-order chi connectivity index (χ0) is 36.1. The summed E-state index contributed by atoms with van der Waals surface area (Å²) in [6.07, 6.45) is -0.454. The smallest absolute Gasteiger partial charge is 0.264 e. The van der Waals surface area contributed by atoms with Crippen molar-refractivity contribution in [2.24, 2.45) is 5.92 Å². The zero-order valence-corrected chi connectivity index (χ0v) is 30.6. The molecular weight excluding hydrogens is 685 g/mol. The average molecular weight is 726 g/mol. The van der Waals surface area contributed by atoms with Crippen LogP contribution in [0.1, 0.15) is 46.0 Å². The SMILES string of the molecule is C[C@H]1[C@H]([Si](C)(C)F)[C@@H](CC(=O)N2Cc3ccccc3C[C@H]2CO)O[C@]12C(=O)N(Cc1ccc(NC(=O)c3ccccc3)cc1)c1ccc(Cl)cc12. The topological polar surface area (TPSA) is 99.2 Å². The van der Waals surface area contributed by atoms with Crippen LogP contribution in [0.4, 0.5) is 15.5 Å². The highest BCUT2D eigenvalue weighted by Gasteiger charge is 2.67. The summed E-state index contributed by atoms with van der Waals surface area (Å²) in [7, 11) is -3.53. The molecule has 0 unspecified atom stereocenters. The number of benzene rings is 4. The van der Waals surface area contributed by atoms with Crippen molar-refractivity contribution in [2.75, 3.05) is 16.8 Å². The number of carbonyl (C=O) groups is 3. The van der Waals surface area contributed by atoms with Crippen LogP contribution in [0.5, 0.6) is 0 Å². The van der Waals surface area contributed by atoms with E-state index < -0.39 is 37.6 Å². The first-order valence-electron chi connectivity index (χ1n) is 17.3. The van der Waals surface area contributed by atoms with Gasteiger partial charge in [0.15, 0.2) is 5.60 Å². The van der Waals surface area contributed by atoms with Gasteiger partial charge in [-0.3, -0.25) is 14.4 Å². The summed E-state index contributed by atoms with van der Waals surface area (Å²) < 4.78 is 23.3. The quantitative estimate of drug-likeness (QED) is 0.147. The summed E-state index contributed by atoms with van der Waals surface area (Å²) >= 11 is 6.54. The minimum atomic E-state index is -3.53. The molecule has 0 bridgehead atoms. The molecule has 0 saturated carbocycles. The van der Waals surface area contributed by atoms with Gasteiger partial charge in [-0.15, -0.1) is 0 Å². The molecule has 4 aromatic carbocycles. The fourth-order valence-corrected chi connectivity index (χ4v) is 11.0. The molecule has 1 fully saturated rings. The fraction of sp³-hybridized carbons (Fsp3) is 0.325. The molecule has 4 aromatic rings. The van der Waals surface area contributed by atoms with E-state index in [0.717, 1.165) is 16.7 Å². The Bertz CT molecular complexity index is 1970. The lowest BCUT2D eigenvalue weighted by atomic mass is 9.82. The van der Waals surface area contributed by atoms with Crippen molar-refractivity contribution in [3.8, 4) is 0 Å². The summed E-state index contributed by atoms with van der Waals surface area (Å²) in [5, 5.41) is 13.6. The van der Waals surface area contributed by atoms with Crippen LogP contribution in [0.25, 0.3) is 0 Å². The molecule has 7 rings (SSSR count). The lowest BCUT2D eigenvalue weighted by Gasteiger charge is -2.37. The van der Waals surface area contributed by atoms with Crippen LogP contribution in [0, 0.1) is 5.92 Å². The van der Waals surface area contributed by atoms with Crippen LogP contribution in [-0.4, -0.2) is 54.9 Å². The van der Waals surface area contributed by atoms with E-state index >= 15 is 4.11 Å². The van der Waals surface area contributed by atoms with E-state index in [1.165, 1.54) is 0 Å². The number of hydrogen-bond donors (Lipinski definition) is 2. The molecule has 0 aromatic heterocycles. The van der Waals surface area contributed by atoms with Gasteiger partial charge >= 0.3 is 0 Å². The molecule has 3 amide bonds. The standard InChI is InChI=1S/C40H41ClFN3O5Si/c1-25-37(51(2,3)42)35(21-36(47)44-23-29-12-8-7-11-28(29)19-32(44)24-46)50-40(25)33-20-30(41)15-18-34(33)45(39(40)49)22-26-13-16-31(17-14-26)43-38(48)27-9-5-4-6-10-27/h4-18,20,25,32,35,37,46H,19,21-24H2,1-3H3,(H,43,48)/t25-,32-,35+,37-,40+/m0/s1. The van der Waals surface area contributed by atoms with Crippen LogP contribution in [0.3, 0.4) is 0 Å². The van der Waals surface area contributed by atoms with Crippen LogP contribution in [-0.2, 0) is 39.4 Å². The van der Waals surface area contributed by atoms with E-state index in [-0.39, 0.29) is 37.3 Å². The van der Waals surface area contributed by atoms with Gasteiger partial charge in [-0.2, -0.15) is 0 Å². The van der Waals surface area contributed by atoms with E-state index in [2.05, 4.69) is 5.32 Å². The van der Waals surface area contributed by atoms with Gasteiger partial charge in [0.25, 0.3) is 11.8 Å². The third-order valence-electron chi connectivity index (χ3n) is 10.8. The first-order valence-corrected chi connectivity index (χ1v) is 20.6. The first-order chi connectivity index (χ1) is 24.4. The number of anilines is 2. The largest absolute Gasteiger partial charge is 0.394 e. The lowest BCUT2D eigenvalue weighted by molar-refractivity contribution is -0.151. The Morgan fingerprint density at radius 2 is 1.69 bits per heavy atom. The molecule has 0 radical (unpaired) electrons. The number of aliphatic hydroxyl groups is 1. The van der Waals surface area contributed by atoms with Crippen molar-refractivity contribution in [3.05, 3.63) is 130 Å². The molecule has 11 heteroatoms. The van der Waals surface area contributed by atoms with E-state index in [4.69, 9.17) is 16.3 Å².